The minimum atomic E-state index is -0.207. The van der Waals surface area contributed by atoms with Gasteiger partial charge in [0.25, 0.3) is 0 Å². The second-order valence-electron chi connectivity index (χ2n) is 11.2. The van der Waals surface area contributed by atoms with E-state index in [4.69, 9.17) is 5.32 Å². The van der Waals surface area contributed by atoms with Crippen LogP contribution < -0.4 is 5.11 Å². The van der Waals surface area contributed by atoms with Gasteiger partial charge >= 0.3 is 19.5 Å². The molecule has 0 unspecified atom stereocenters. The number of benzene rings is 3. The number of para-hydroxylation sites is 1. The zero-order chi connectivity index (χ0) is 25.7. The van der Waals surface area contributed by atoms with Gasteiger partial charge in [0.15, 0.2) is 0 Å². The van der Waals surface area contributed by atoms with Gasteiger partial charge in [-0.3, -0.25) is 0 Å². The van der Waals surface area contributed by atoms with Crippen molar-refractivity contribution < 1.29 is 24.6 Å². The normalized spacial score (nSPS) is 11.4. The van der Waals surface area contributed by atoms with Crippen molar-refractivity contribution in [2.24, 2.45) is 0 Å². The largest absolute Gasteiger partial charge is 2.00 e. The van der Waals surface area contributed by atoms with Gasteiger partial charge in [-0.2, -0.15) is 0 Å². The van der Waals surface area contributed by atoms with E-state index in [0.29, 0.717) is 11.6 Å². The number of nitrogens with zero attached hydrogens (tertiary/aromatic N) is 1. The molecule has 0 aromatic heterocycles. The Kier molecular flexibility index (Phi) is 11.6. The molecule has 0 saturated heterocycles. The molecule has 0 atom stereocenters. The van der Waals surface area contributed by atoms with Gasteiger partial charge in [0.2, 0.25) is 0 Å². The van der Waals surface area contributed by atoms with Gasteiger partial charge in [-0.25, -0.2) is 0 Å². The molecule has 0 amide bonds. The van der Waals surface area contributed by atoms with Crippen molar-refractivity contribution in [1.82, 2.24) is 0 Å². The fourth-order valence-corrected chi connectivity index (χ4v) is 4.03. The van der Waals surface area contributed by atoms with Gasteiger partial charge in [0.05, 0.1) is 0 Å². The Labute approximate surface area is 231 Å². The molecule has 0 aliphatic rings. The maximum absolute atomic E-state index is 13.0. The number of rotatable bonds is 4. The molecular weight excluding hydrogens is 535 g/mol. The van der Waals surface area contributed by atoms with Crippen molar-refractivity contribution in [3.05, 3.63) is 88.2 Å². The fourth-order valence-electron chi connectivity index (χ4n) is 3.49. The molecule has 0 saturated carbocycles. The van der Waals surface area contributed by atoms with Crippen LogP contribution in [0.3, 0.4) is 0 Å². The predicted molar refractivity (Wildman–Crippen MR) is 149 cm³/mol. The summed E-state index contributed by atoms with van der Waals surface area (Å²) in [6.07, 6.45) is 2.03. The second-order valence-corrected chi connectivity index (χ2v) is 12.1. The summed E-state index contributed by atoms with van der Waals surface area (Å²) in [6, 6.07) is 20.7. The van der Waals surface area contributed by atoms with Crippen molar-refractivity contribution in [3.8, 4) is 5.75 Å². The van der Waals surface area contributed by atoms with Gasteiger partial charge in [-0.05, 0) is 52.0 Å². The maximum Gasteiger partial charge on any atom is 2.00 e. The van der Waals surface area contributed by atoms with Crippen LogP contribution in [0.25, 0.3) is 5.32 Å². The Balaban J connectivity index is 0.000000468. The first-order valence-corrected chi connectivity index (χ1v) is 13.2. The van der Waals surface area contributed by atoms with E-state index in [2.05, 4.69) is 92.6 Å². The first-order chi connectivity index (χ1) is 15.7. The number of aryl methyl sites for hydroxylation is 1. The summed E-state index contributed by atoms with van der Waals surface area (Å²) in [6.45, 7) is 19.3. The molecule has 0 bridgehead atoms. The summed E-state index contributed by atoms with van der Waals surface area (Å²) in [7, 11) is 0. The molecule has 190 valence electrons. The van der Waals surface area contributed by atoms with Crippen LogP contribution in [-0.4, -0.2) is 6.26 Å². The molecule has 4 heteroatoms. The summed E-state index contributed by atoms with van der Waals surface area (Å²) >= 11 is 1.64. The van der Waals surface area contributed by atoms with E-state index in [9.17, 15) is 5.11 Å². The first-order valence-electron chi connectivity index (χ1n) is 12.0. The van der Waals surface area contributed by atoms with Crippen molar-refractivity contribution in [1.29, 1.82) is 0 Å². The van der Waals surface area contributed by atoms with Crippen LogP contribution in [0.5, 0.6) is 5.75 Å². The Morgan fingerprint density at radius 1 is 0.800 bits per heavy atom. The van der Waals surface area contributed by atoms with Crippen LogP contribution in [0.2, 0.25) is 0 Å². The molecule has 0 aliphatic carbocycles. The van der Waals surface area contributed by atoms with Crippen LogP contribution in [-0.2, 0) is 30.3 Å². The minimum absolute atomic E-state index is 0. The second kappa shape index (κ2) is 13.0. The molecule has 3 rings (SSSR count). The van der Waals surface area contributed by atoms with Gasteiger partial charge in [-0.15, -0.1) is 28.9 Å². The quantitative estimate of drug-likeness (QED) is 0.229. The Hall–Kier alpha value is -1.77. The van der Waals surface area contributed by atoms with Gasteiger partial charge in [0.1, 0.15) is 0 Å². The van der Waals surface area contributed by atoms with E-state index in [1.807, 2.05) is 36.6 Å². The molecule has 35 heavy (non-hydrogen) atoms. The molecule has 0 radical (unpaired) electrons. The van der Waals surface area contributed by atoms with E-state index < -0.39 is 0 Å². The van der Waals surface area contributed by atoms with E-state index >= 15 is 0 Å². The summed E-state index contributed by atoms with van der Waals surface area (Å²) < 4.78 is 0. The molecule has 3 aromatic rings. The fraction of sp³-hybridized carbons (Fsp3) is 0.419. The number of thioether (sulfide) groups is 1. The Morgan fingerprint density at radius 2 is 1.37 bits per heavy atom. The van der Waals surface area contributed by atoms with Gasteiger partial charge in [-0.1, -0.05) is 121 Å². The monoisotopic (exact) mass is 577 g/mol. The third-order valence-corrected chi connectivity index (χ3v) is 6.60. The van der Waals surface area contributed by atoms with Crippen LogP contribution in [0.1, 0.15) is 83.6 Å². The van der Waals surface area contributed by atoms with Crippen molar-refractivity contribution >= 4 is 23.1 Å². The average molecular weight is 577 g/mol. The van der Waals surface area contributed by atoms with Crippen LogP contribution >= 0.6 is 11.8 Å². The number of hydrogen-bond acceptors (Lipinski definition) is 2. The third-order valence-electron chi connectivity index (χ3n) is 5.81. The maximum atomic E-state index is 13.0. The molecule has 0 fully saturated rings. The third kappa shape index (κ3) is 8.99. The van der Waals surface area contributed by atoms with Crippen molar-refractivity contribution in [3.63, 3.8) is 0 Å². The molecule has 0 N–H and O–H groups in total. The van der Waals surface area contributed by atoms with E-state index in [-0.39, 0.29) is 36.1 Å². The molecule has 0 spiro atoms. The van der Waals surface area contributed by atoms with Crippen LogP contribution in [0.4, 0.5) is 11.4 Å². The summed E-state index contributed by atoms with van der Waals surface area (Å²) in [5.74, 6) is 0.687. The topological polar surface area (TPSA) is 37.2 Å². The van der Waals surface area contributed by atoms with E-state index in [1.54, 1.807) is 11.8 Å². The zero-order valence-electron chi connectivity index (χ0n) is 23.0. The standard InChI is InChI=1S/C21H28NOS.C10H14.Ru/c1-20(2,3)14-12-15(21(4,5)6)19(23)17(13-14)22-16-10-8-9-11-18(16)24-7;1-8(2)10-6-4-9(3)5-7-10;/h8-13,23H,1-7H3;4-8H,1-3H3;/q-1;;+2/p-1. The number of hydrogen-bond donors (Lipinski definition) is 0. The molecule has 2 nitrogen and oxygen atoms in total. The minimum Gasteiger partial charge on any atom is -0.873 e. The average Bonchev–Trinajstić information content (AvgIpc) is 2.74. The molecule has 3 aromatic carbocycles. The molecule has 0 heterocycles. The van der Waals surface area contributed by atoms with Crippen LogP contribution in [0.15, 0.2) is 65.6 Å². The van der Waals surface area contributed by atoms with Gasteiger partial charge < -0.3 is 10.4 Å². The summed E-state index contributed by atoms with van der Waals surface area (Å²) in [4.78, 5) is 1.08. The van der Waals surface area contributed by atoms with Crippen molar-refractivity contribution in [2.75, 3.05) is 6.26 Å². The summed E-state index contributed by atoms with van der Waals surface area (Å²) in [5.41, 5.74) is 5.89. The summed E-state index contributed by atoms with van der Waals surface area (Å²) in [5, 5.41) is 17.7. The van der Waals surface area contributed by atoms with Gasteiger partial charge in [0, 0.05) is 0 Å². The Morgan fingerprint density at radius 3 is 1.86 bits per heavy atom. The SMILES string of the molecule is CSc1ccccc1[N-]c1cc(C(C)(C)C)cc(C(C)(C)C)c1[O-].Cc1ccc(C(C)C)cc1.[Ru+2]. The van der Waals surface area contributed by atoms with E-state index in [1.165, 1.54) is 11.1 Å². The van der Waals surface area contributed by atoms with Crippen molar-refractivity contribution in [2.45, 2.75) is 84.0 Å². The smallest absolute Gasteiger partial charge is 0.873 e. The predicted octanol–water partition coefficient (Wildman–Crippen LogP) is 9.53. The molecular formula is C31H41NORuS. The van der Waals surface area contributed by atoms with Crippen LogP contribution in [0, 0.1) is 6.92 Å². The zero-order valence-corrected chi connectivity index (χ0v) is 25.5. The first kappa shape index (κ1) is 31.3. The Bertz CT molecular complexity index is 1080. The molecule has 0 aliphatic heterocycles. The van der Waals surface area contributed by atoms with E-state index in [0.717, 1.165) is 21.7 Å².